The van der Waals surface area contributed by atoms with Gasteiger partial charge in [-0.25, -0.2) is 0 Å². The molecule has 3 aromatic rings. The minimum absolute atomic E-state index is 0. The number of hydrogen-bond donors (Lipinski definition) is 0. The molecule has 2 heterocycles. The number of para-hydroxylation sites is 1. The Balaban J connectivity index is -0.000000333. The molecule has 3 rings (SSSR count). The van der Waals surface area contributed by atoms with Gasteiger partial charge >= 0.3 is 0 Å². The summed E-state index contributed by atoms with van der Waals surface area (Å²) < 4.78 is 0. The molecule has 0 spiro atoms. The molecule has 0 saturated carbocycles. The predicted molar refractivity (Wildman–Crippen MR) is 102 cm³/mol. The van der Waals surface area contributed by atoms with E-state index < -0.39 is 0 Å². The molecule has 0 aliphatic rings. The van der Waals surface area contributed by atoms with Crippen LogP contribution in [0, 0.1) is 7.43 Å². The van der Waals surface area contributed by atoms with E-state index in [1.54, 1.807) is 0 Å². The van der Waals surface area contributed by atoms with Crippen molar-refractivity contribution >= 4 is 10.9 Å². The van der Waals surface area contributed by atoms with Gasteiger partial charge in [-0.3, -0.25) is 9.97 Å². The first-order valence-electron chi connectivity index (χ1n) is 8.06. The number of rotatable bonds is 2. The van der Waals surface area contributed by atoms with Gasteiger partial charge in [0.2, 0.25) is 0 Å². The van der Waals surface area contributed by atoms with Gasteiger partial charge in [-0.2, -0.15) is 0 Å². The van der Waals surface area contributed by atoms with E-state index in [1.807, 2.05) is 50.6 Å². The summed E-state index contributed by atoms with van der Waals surface area (Å²) in [5.74, 6) is 0. The Morgan fingerprint density at radius 1 is 0.760 bits per heavy atom. The number of aromatic nitrogens is 2. The molecule has 2 aromatic heterocycles. The predicted octanol–water partition coefficient (Wildman–Crippen LogP) is 5.91. The second-order valence-electron chi connectivity index (χ2n) is 4.55. The molecular formula is C21H29N2Y2-. The normalized spacial score (nSPS) is 8.16. The van der Waals surface area contributed by atoms with Crippen molar-refractivity contribution in [1.82, 2.24) is 9.97 Å². The molecule has 0 N–H and O–H groups in total. The Morgan fingerprint density at radius 3 is 1.88 bits per heavy atom. The third-order valence-corrected chi connectivity index (χ3v) is 3.28. The number of fused-ring (bicyclic) bond motifs is 1. The average molecular weight is 487 g/mol. The Bertz CT molecular complexity index is 653. The van der Waals surface area contributed by atoms with E-state index in [2.05, 4.69) is 48.1 Å². The number of pyridine rings is 2. The van der Waals surface area contributed by atoms with Gasteiger partial charge in [0.15, 0.2) is 0 Å². The zero-order valence-electron chi connectivity index (χ0n) is 16.2. The van der Waals surface area contributed by atoms with Gasteiger partial charge in [-0.15, -0.1) is 0 Å². The topological polar surface area (TPSA) is 25.8 Å². The molecule has 1 aromatic carbocycles. The maximum absolute atomic E-state index is 4.29. The van der Waals surface area contributed by atoms with Gasteiger partial charge in [0.05, 0.1) is 5.52 Å². The Hall–Kier alpha value is -0.0122. The van der Waals surface area contributed by atoms with Gasteiger partial charge in [-0.1, -0.05) is 45.9 Å². The van der Waals surface area contributed by atoms with Gasteiger partial charge < -0.3 is 7.43 Å². The third-order valence-electron chi connectivity index (χ3n) is 3.28. The maximum Gasteiger partial charge on any atom is 0.0704 e. The minimum Gasteiger partial charge on any atom is -0.358 e. The van der Waals surface area contributed by atoms with Crippen LogP contribution >= 0.6 is 0 Å². The van der Waals surface area contributed by atoms with Crippen molar-refractivity contribution in [3.8, 4) is 0 Å². The molecule has 2 nitrogen and oxygen atoms in total. The molecule has 25 heavy (non-hydrogen) atoms. The summed E-state index contributed by atoms with van der Waals surface area (Å²) in [6.07, 6.45) is 7.68. The molecule has 0 aliphatic heterocycles. The molecule has 2 radical (unpaired) electrons. The molecule has 0 saturated heterocycles. The van der Waals surface area contributed by atoms with E-state index in [9.17, 15) is 0 Å². The van der Waals surface area contributed by atoms with Crippen molar-refractivity contribution in [3.05, 3.63) is 79.6 Å². The number of nitrogens with zero attached hydrogens (tertiary/aromatic N) is 2. The number of hydrogen-bond acceptors (Lipinski definition) is 2. The summed E-state index contributed by atoms with van der Waals surface area (Å²) in [5.41, 5.74) is 3.82. The zero-order chi connectivity index (χ0) is 16.2. The largest absolute Gasteiger partial charge is 0.358 e. The Labute approximate surface area is 204 Å². The van der Waals surface area contributed by atoms with Crippen molar-refractivity contribution in [2.24, 2.45) is 0 Å². The van der Waals surface area contributed by atoms with Crippen LogP contribution in [0.4, 0.5) is 0 Å². The first-order chi connectivity index (χ1) is 10.8. The Morgan fingerprint density at radius 2 is 1.36 bits per heavy atom. The quantitative estimate of drug-likeness (QED) is 0.420. The number of benzene rings is 1. The van der Waals surface area contributed by atoms with Crippen LogP contribution in [-0.4, -0.2) is 9.97 Å². The fourth-order valence-corrected chi connectivity index (χ4v) is 2.08. The van der Waals surface area contributed by atoms with Gasteiger partial charge in [-0.05, 0) is 48.2 Å². The van der Waals surface area contributed by atoms with E-state index in [0.29, 0.717) is 0 Å². The van der Waals surface area contributed by atoms with E-state index >= 15 is 0 Å². The standard InChI is InChI=1S/C11H11N.C7H9N.C2H6.CH3.2Y/c1-2-9-7-8-12-11-6-4-3-5-10(9)11;1-2-7-3-5-8-6-4-7;1-2;;;/h3-8H,2H2,1H3;3-6H,2H2,1H3;1-2H3;1H3;;/q;;;-1;;. The summed E-state index contributed by atoms with van der Waals surface area (Å²) in [6.45, 7) is 8.30. The maximum atomic E-state index is 4.29. The summed E-state index contributed by atoms with van der Waals surface area (Å²) in [5, 5.41) is 1.28. The minimum atomic E-state index is 0. The van der Waals surface area contributed by atoms with Crippen LogP contribution in [0.2, 0.25) is 0 Å². The van der Waals surface area contributed by atoms with Crippen LogP contribution in [0.15, 0.2) is 61.1 Å². The van der Waals surface area contributed by atoms with Crippen molar-refractivity contribution < 1.29 is 65.4 Å². The number of aryl methyl sites for hydroxylation is 2. The van der Waals surface area contributed by atoms with Crippen LogP contribution in [0.3, 0.4) is 0 Å². The molecular weight excluding hydrogens is 458 g/mol. The van der Waals surface area contributed by atoms with E-state index in [-0.39, 0.29) is 72.8 Å². The van der Waals surface area contributed by atoms with E-state index in [4.69, 9.17) is 0 Å². The first-order valence-corrected chi connectivity index (χ1v) is 8.06. The fourth-order valence-electron chi connectivity index (χ4n) is 2.08. The summed E-state index contributed by atoms with van der Waals surface area (Å²) >= 11 is 0. The molecule has 0 fully saturated rings. The molecule has 0 aliphatic carbocycles. The molecule has 130 valence electrons. The summed E-state index contributed by atoms with van der Waals surface area (Å²) in [7, 11) is 0. The molecule has 0 amide bonds. The third kappa shape index (κ3) is 10.7. The van der Waals surface area contributed by atoms with Crippen LogP contribution < -0.4 is 0 Å². The van der Waals surface area contributed by atoms with Crippen LogP contribution in [-0.2, 0) is 78.3 Å². The van der Waals surface area contributed by atoms with Crippen molar-refractivity contribution in [1.29, 1.82) is 0 Å². The molecule has 4 heteroatoms. The smallest absolute Gasteiger partial charge is 0.0704 e. The fraction of sp³-hybridized carbons (Fsp3) is 0.286. The van der Waals surface area contributed by atoms with E-state index in [1.165, 1.54) is 16.5 Å². The van der Waals surface area contributed by atoms with Crippen molar-refractivity contribution in [3.63, 3.8) is 0 Å². The van der Waals surface area contributed by atoms with Crippen molar-refractivity contribution in [2.45, 2.75) is 40.5 Å². The first kappa shape index (κ1) is 29.7. The van der Waals surface area contributed by atoms with Gasteiger partial charge in [0, 0.05) is 89.4 Å². The van der Waals surface area contributed by atoms with Crippen LogP contribution in [0.1, 0.15) is 38.8 Å². The summed E-state index contributed by atoms with van der Waals surface area (Å²) in [4.78, 5) is 8.18. The van der Waals surface area contributed by atoms with Crippen LogP contribution in [0.5, 0.6) is 0 Å². The average Bonchev–Trinajstić information content (AvgIpc) is 2.64. The Kier molecular flexibility index (Phi) is 22.3. The van der Waals surface area contributed by atoms with Gasteiger partial charge in [0.25, 0.3) is 0 Å². The van der Waals surface area contributed by atoms with E-state index in [0.717, 1.165) is 18.4 Å². The zero-order valence-corrected chi connectivity index (χ0v) is 21.9. The summed E-state index contributed by atoms with van der Waals surface area (Å²) in [6, 6.07) is 14.4. The van der Waals surface area contributed by atoms with Gasteiger partial charge in [0.1, 0.15) is 0 Å². The molecule has 0 bridgehead atoms. The SMILES string of the molecule is CC.CCc1ccnc2ccccc12.CCc1ccncc1.[CH3-].[Y].[Y]. The molecule has 0 atom stereocenters. The monoisotopic (exact) mass is 487 g/mol. The van der Waals surface area contributed by atoms with Crippen LogP contribution in [0.25, 0.3) is 10.9 Å². The second-order valence-corrected chi connectivity index (χ2v) is 4.55. The molecule has 0 unspecified atom stereocenters. The van der Waals surface area contributed by atoms with Crippen molar-refractivity contribution in [2.75, 3.05) is 0 Å². The second kappa shape index (κ2) is 18.8.